The van der Waals surface area contributed by atoms with Crippen LogP contribution in [0.2, 0.25) is 0 Å². The van der Waals surface area contributed by atoms with Gasteiger partial charge in [-0.3, -0.25) is 4.79 Å². The van der Waals surface area contributed by atoms with Gasteiger partial charge in [-0.15, -0.1) is 0 Å². The molecule has 0 bridgehead atoms. The molecule has 104 valence electrons. The van der Waals surface area contributed by atoms with Crippen LogP contribution in [0.5, 0.6) is 0 Å². The molecule has 1 aliphatic rings. The molecule has 1 fully saturated rings. The third-order valence-electron chi connectivity index (χ3n) is 3.58. The number of carbonyl (C=O) groups excluding carboxylic acids is 1. The summed E-state index contributed by atoms with van der Waals surface area (Å²) < 4.78 is 13.0. The molecule has 0 aliphatic carbocycles. The van der Waals surface area contributed by atoms with Crippen LogP contribution in [0.4, 0.5) is 4.39 Å². The molecule has 2 rings (SSSR count). The van der Waals surface area contributed by atoms with E-state index >= 15 is 0 Å². The van der Waals surface area contributed by atoms with Crippen molar-refractivity contribution in [1.82, 2.24) is 10.2 Å². The molecule has 1 amide bonds. The Morgan fingerprint density at radius 2 is 1.95 bits per heavy atom. The van der Waals surface area contributed by atoms with Crippen molar-refractivity contribution < 1.29 is 9.18 Å². The zero-order valence-corrected chi connectivity index (χ0v) is 11.4. The SMILES string of the molecule is CCCC(C(=O)N1CCNCC1)c1ccc(F)cc1. The number of benzene rings is 1. The Balaban J connectivity index is 2.14. The monoisotopic (exact) mass is 264 g/mol. The number of carbonyl (C=O) groups is 1. The molecular weight excluding hydrogens is 243 g/mol. The predicted octanol–water partition coefficient (Wildman–Crippen LogP) is 2.14. The molecule has 1 aromatic carbocycles. The lowest BCUT2D eigenvalue weighted by molar-refractivity contribution is -0.133. The van der Waals surface area contributed by atoms with E-state index in [0.29, 0.717) is 0 Å². The highest BCUT2D eigenvalue weighted by atomic mass is 19.1. The van der Waals surface area contributed by atoms with Crippen LogP contribution in [-0.4, -0.2) is 37.0 Å². The van der Waals surface area contributed by atoms with Gasteiger partial charge in [-0.05, 0) is 24.1 Å². The Labute approximate surface area is 113 Å². The first kappa shape index (κ1) is 14.0. The minimum Gasteiger partial charge on any atom is -0.340 e. The predicted molar refractivity (Wildman–Crippen MR) is 73.5 cm³/mol. The van der Waals surface area contributed by atoms with Gasteiger partial charge in [0.1, 0.15) is 5.82 Å². The van der Waals surface area contributed by atoms with Crippen LogP contribution in [0.1, 0.15) is 31.2 Å². The Kier molecular flexibility index (Phi) is 4.91. The zero-order chi connectivity index (χ0) is 13.7. The van der Waals surface area contributed by atoms with Crippen molar-refractivity contribution in [3.8, 4) is 0 Å². The maximum absolute atomic E-state index is 13.0. The minimum absolute atomic E-state index is 0.135. The normalized spacial score (nSPS) is 17.3. The number of piperazine rings is 1. The van der Waals surface area contributed by atoms with Crippen LogP contribution >= 0.6 is 0 Å². The van der Waals surface area contributed by atoms with Crippen molar-refractivity contribution in [2.45, 2.75) is 25.7 Å². The standard InChI is InChI=1S/C15H21FN2O/c1-2-3-14(12-4-6-13(16)7-5-12)15(19)18-10-8-17-9-11-18/h4-7,14,17H,2-3,8-11H2,1H3. The zero-order valence-electron chi connectivity index (χ0n) is 11.4. The molecule has 0 spiro atoms. The highest BCUT2D eigenvalue weighted by Crippen LogP contribution is 2.24. The molecule has 3 nitrogen and oxygen atoms in total. The van der Waals surface area contributed by atoms with Crippen molar-refractivity contribution in [1.29, 1.82) is 0 Å². The maximum Gasteiger partial charge on any atom is 0.230 e. The summed E-state index contributed by atoms with van der Waals surface area (Å²) in [4.78, 5) is 14.5. The Bertz CT molecular complexity index is 413. The fraction of sp³-hybridized carbons (Fsp3) is 0.533. The van der Waals surface area contributed by atoms with Gasteiger partial charge in [0.2, 0.25) is 5.91 Å². The van der Waals surface area contributed by atoms with Crippen molar-refractivity contribution in [2.24, 2.45) is 0 Å². The molecule has 0 aromatic heterocycles. The molecule has 4 heteroatoms. The van der Waals surface area contributed by atoms with Gasteiger partial charge < -0.3 is 10.2 Å². The lowest BCUT2D eigenvalue weighted by Gasteiger charge is -2.31. The lowest BCUT2D eigenvalue weighted by atomic mass is 9.93. The number of hydrogen-bond donors (Lipinski definition) is 1. The van der Waals surface area contributed by atoms with Gasteiger partial charge in [0, 0.05) is 26.2 Å². The van der Waals surface area contributed by atoms with E-state index < -0.39 is 0 Å². The van der Waals surface area contributed by atoms with Crippen LogP contribution < -0.4 is 5.32 Å². The van der Waals surface area contributed by atoms with Crippen molar-refractivity contribution in [3.05, 3.63) is 35.6 Å². The van der Waals surface area contributed by atoms with Gasteiger partial charge in [-0.2, -0.15) is 0 Å². The van der Waals surface area contributed by atoms with E-state index in [1.165, 1.54) is 12.1 Å². The molecule has 1 heterocycles. The summed E-state index contributed by atoms with van der Waals surface area (Å²) in [6.45, 7) is 5.31. The van der Waals surface area contributed by atoms with E-state index in [1.807, 2.05) is 4.90 Å². The van der Waals surface area contributed by atoms with Crippen LogP contribution in [0.3, 0.4) is 0 Å². The van der Waals surface area contributed by atoms with Crippen LogP contribution in [0.25, 0.3) is 0 Å². The molecule has 1 saturated heterocycles. The summed E-state index contributed by atoms with van der Waals surface area (Å²) in [6, 6.07) is 6.33. The lowest BCUT2D eigenvalue weighted by Crippen LogP contribution is -2.48. The van der Waals surface area contributed by atoms with Crippen molar-refractivity contribution in [2.75, 3.05) is 26.2 Å². The topological polar surface area (TPSA) is 32.3 Å². The summed E-state index contributed by atoms with van der Waals surface area (Å²) >= 11 is 0. The van der Waals surface area contributed by atoms with E-state index in [2.05, 4.69) is 12.2 Å². The van der Waals surface area contributed by atoms with Crippen molar-refractivity contribution in [3.63, 3.8) is 0 Å². The average molecular weight is 264 g/mol. The average Bonchev–Trinajstić information content (AvgIpc) is 2.46. The van der Waals surface area contributed by atoms with Gasteiger partial charge in [-0.1, -0.05) is 25.5 Å². The van der Waals surface area contributed by atoms with Gasteiger partial charge >= 0.3 is 0 Å². The van der Waals surface area contributed by atoms with Gasteiger partial charge in [0.15, 0.2) is 0 Å². The molecule has 0 saturated carbocycles. The quantitative estimate of drug-likeness (QED) is 0.903. The van der Waals surface area contributed by atoms with Gasteiger partial charge in [0.25, 0.3) is 0 Å². The molecule has 1 atom stereocenters. The second-order valence-electron chi connectivity index (χ2n) is 4.97. The van der Waals surface area contributed by atoms with Gasteiger partial charge in [0.05, 0.1) is 5.92 Å². The second kappa shape index (κ2) is 6.66. The van der Waals surface area contributed by atoms with E-state index in [-0.39, 0.29) is 17.6 Å². The summed E-state index contributed by atoms with van der Waals surface area (Å²) in [5, 5.41) is 3.24. The van der Waals surface area contributed by atoms with E-state index in [4.69, 9.17) is 0 Å². The fourth-order valence-electron chi connectivity index (χ4n) is 2.52. The minimum atomic E-state index is -0.256. The third kappa shape index (κ3) is 3.53. The molecule has 19 heavy (non-hydrogen) atoms. The third-order valence-corrected chi connectivity index (χ3v) is 3.58. The number of hydrogen-bond acceptors (Lipinski definition) is 2. The Morgan fingerprint density at radius 3 is 2.53 bits per heavy atom. The number of rotatable bonds is 4. The van der Waals surface area contributed by atoms with Crippen LogP contribution in [-0.2, 0) is 4.79 Å². The first-order valence-electron chi connectivity index (χ1n) is 6.97. The second-order valence-corrected chi connectivity index (χ2v) is 4.97. The number of nitrogens with one attached hydrogen (secondary N) is 1. The van der Waals surface area contributed by atoms with Crippen LogP contribution in [0, 0.1) is 5.82 Å². The molecule has 1 aromatic rings. The van der Waals surface area contributed by atoms with E-state index in [1.54, 1.807) is 12.1 Å². The number of nitrogens with zero attached hydrogens (tertiary/aromatic N) is 1. The first-order valence-corrected chi connectivity index (χ1v) is 6.97. The number of amides is 1. The van der Waals surface area contributed by atoms with Crippen molar-refractivity contribution >= 4 is 5.91 Å². The summed E-state index contributed by atoms with van der Waals surface area (Å²) in [6.07, 6.45) is 1.76. The molecular formula is C15H21FN2O. The first-order chi connectivity index (χ1) is 9.22. The largest absolute Gasteiger partial charge is 0.340 e. The summed E-state index contributed by atoms with van der Waals surface area (Å²) in [5.41, 5.74) is 0.923. The van der Waals surface area contributed by atoms with E-state index in [9.17, 15) is 9.18 Å². The Morgan fingerprint density at radius 1 is 1.32 bits per heavy atom. The smallest absolute Gasteiger partial charge is 0.230 e. The summed E-state index contributed by atoms with van der Waals surface area (Å²) in [7, 11) is 0. The summed E-state index contributed by atoms with van der Waals surface area (Å²) in [5.74, 6) is -0.215. The highest BCUT2D eigenvalue weighted by molar-refractivity contribution is 5.83. The molecule has 0 radical (unpaired) electrons. The van der Waals surface area contributed by atoms with Gasteiger partial charge in [-0.25, -0.2) is 4.39 Å². The van der Waals surface area contributed by atoms with E-state index in [0.717, 1.165) is 44.6 Å². The molecule has 1 unspecified atom stereocenters. The highest BCUT2D eigenvalue weighted by Gasteiger charge is 2.26. The molecule has 1 N–H and O–H groups in total. The fourth-order valence-corrected chi connectivity index (χ4v) is 2.52. The Hall–Kier alpha value is -1.42. The van der Waals surface area contributed by atoms with Crippen LogP contribution in [0.15, 0.2) is 24.3 Å². The molecule has 1 aliphatic heterocycles. The maximum atomic E-state index is 13.0. The number of halogens is 1.